The van der Waals surface area contributed by atoms with Gasteiger partial charge in [0.2, 0.25) is 11.8 Å². The molecule has 19 heteroatoms. The predicted octanol–water partition coefficient (Wildman–Crippen LogP) is 6.77. The SMILES string of the molecule is CCCCn1c(=O)[nH]c(=O)c2[nH]c(C(Cc3c(F)cccc3F)c3ccc(NC(C)=O)cc3)nc21.CCCCn1c(=O)[nH]c(=O)c2[nH]c(C(Cc3ccccc3)c3ccc(NC(C)=O)nc3)nc21. The van der Waals surface area contributed by atoms with Gasteiger partial charge in [-0.1, -0.05) is 81.3 Å². The first-order chi connectivity index (χ1) is 32.7. The Labute approximate surface area is 387 Å². The van der Waals surface area contributed by atoms with Gasteiger partial charge in [-0.3, -0.25) is 38.3 Å². The summed E-state index contributed by atoms with van der Waals surface area (Å²) in [5.74, 6) is -1.42. The summed E-state index contributed by atoms with van der Waals surface area (Å²) in [6.45, 7) is 7.68. The number of carbonyl (C=O) groups is 2. The zero-order chi connectivity index (χ0) is 48.5. The molecule has 2 amide bonds. The van der Waals surface area contributed by atoms with Gasteiger partial charge in [0.25, 0.3) is 11.1 Å². The summed E-state index contributed by atoms with van der Waals surface area (Å²) in [4.78, 5) is 97.1. The van der Waals surface area contributed by atoms with Crippen molar-refractivity contribution in [3.05, 3.63) is 178 Å². The molecule has 8 aromatic rings. The summed E-state index contributed by atoms with van der Waals surface area (Å²) in [5.41, 5.74) is 1.86. The molecule has 6 N–H and O–H groups in total. The first-order valence-electron chi connectivity index (χ1n) is 22.3. The van der Waals surface area contributed by atoms with Crippen molar-refractivity contribution in [2.45, 2.75) is 91.1 Å². The van der Waals surface area contributed by atoms with E-state index >= 15 is 0 Å². The maximum Gasteiger partial charge on any atom is 0.330 e. The second kappa shape index (κ2) is 21.5. The number of halogens is 2. The van der Waals surface area contributed by atoms with Crippen LogP contribution in [0.25, 0.3) is 22.3 Å². The van der Waals surface area contributed by atoms with Gasteiger partial charge >= 0.3 is 11.4 Å². The zero-order valence-corrected chi connectivity index (χ0v) is 37.9. The summed E-state index contributed by atoms with van der Waals surface area (Å²) in [6, 6.07) is 24.0. The van der Waals surface area contributed by atoms with Crippen molar-refractivity contribution in [1.29, 1.82) is 0 Å². The molecule has 2 atom stereocenters. The minimum absolute atomic E-state index is 0.0884. The Morgan fingerprint density at radius 3 is 1.62 bits per heavy atom. The number of aryl methyl sites for hydroxylation is 2. The first-order valence-corrected chi connectivity index (χ1v) is 22.3. The molecule has 2 unspecified atom stereocenters. The fraction of sp³-hybridized carbons (Fsp3) is 0.286. The monoisotopic (exact) mass is 927 g/mol. The fourth-order valence-corrected chi connectivity index (χ4v) is 7.89. The van der Waals surface area contributed by atoms with Crippen molar-refractivity contribution in [2.75, 3.05) is 10.6 Å². The molecular weight excluding hydrogens is 877 g/mol. The molecule has 5 heterocycles. The van der Waals surface area contributed by atoms with Crippen LogP contribution in [0.3, 0.4) is 0 Å². The second-order valence-electron chi connectivity index (χ2n) is 16.3. The Hall–Kier alpha value is -8.09. The van der Waals surface area contributed by atoms with Gasteiger partial charge in [-0.2, -0.15) is 0 Å². The van der Waals surface area contributed by atoms with E-state index in [4.69, 9.17) is 4.98 Å². The molecule has 3 aromatic carbocycles. The Kier molecular flexibility index (Phi) is 15.1. The lowest BCUT2D eigenvalue weighted by Gasteiger charge is -2.17. The van der Waals surface area contributed by atoms with Gasteiger partial charge in [0.1, 0.15) is 40.1 Å². The molecule has 0 aliphatic heterocycles. The molecule has 17 nitrogen and oxygen atoms in total. The summed E-state index contributed by atoms with van der Waals surface area (Å²) >= 11 is 0. The second-order valence-corrected chi connectivity index (χ2v) is 16.3. The van der Waals surface area contributed by atoms with Gasteiger partial charge in [0.05, 0.1) is 0 Å². The summed E-state index contributed by atoms with van der Waals surface area (Å²) in [6.07, 6.45) is 5.46. The minimum Gasteiger partial charge on any atom is -0.336 e. The number of hydrogen-bond donors (Lipinski definition) is 6. The summed E-state index contributed by atoms with van der Waals surface area (Å²) in [7, 11) is 0. The van der Waals surface area contributed by atoms with E-state index in [1.165, 1.54) is 41.2 Å². The Morgan fingerprint density at radius 1 is 0.618 bits per heavy atom. The number of amides is 2. The third kappa shape index (κ3) is 11.1. The average Bonchev–Trinajstić information content (AvgIpc) is 3.96. The largest absolute Gasteiger partial charge is 0.336 e. The molecule has 68 heavy (non-hydrogen) atoms. The number of H-pyrrole nitrogens is 4. The molecule has 0 fully saturated rings. The van der Waals surface area contributed by atoms with Crippen molar-refractivity contribution < 1.29 is 18.4 Å². The van der Waals surface area contributed by atoms with Crippen LogP contribution in [0.2, 0.25) is 0 Å². The fourth-order valence-electron chi connectivity index (χ4n) is 7.89. The van der Waals surface area contributed by atoms with Gasteiger partial charge in [0.15, 0.2) is 11.3 Å². The van der Waals surface area contributed by atoms with E-state index in [9.17, 15) is 37.5 Å². The van der Waals surface area contributed by atoms with Crippen LogP contribution in [0.5, 0.6) is 0 Å². The van der Waals surface area contributed by atoms with Crippen molar-refractivity contribution in [1.82, 2.24) is 44.0 Å². The van der Waals surface area contributed by atoms with Gasteiger partial charge < -0.3 is 20.6 Å². The van der Waals surface area contributed by atoms with Gasteiger partial charge in [0, 0.05) is 56.2 Å². The predicted molar refractivity (Wildman–Crippen MR) is 255 cm³/mol. The topological polar surface area (TPSA) is 238 Å². The number of rotatable bonds is 16. The smallest absolute Gasteiger partial charge is 0.330 e. The third-order valence-corrected chi connectivity index (χ3v) is 11.3. The highest BCUT2D eigenvalue weighted by Crippen LogP contribution is 2.31. The molecule has 0 radical (unpaired) electrons. The maximum atomic E-state index is 14.6. The van der Waals surface area contributed by atoms with Crippen LogP contribution in [-0.2, 0) is 35.5 Å². The molecule has 352 valence electrons. The van der Waals surface area contributed by atoms with Gasteiger partial charge in [-0.05, 0) is 72.7 Å². The van der Waals surface area contributed by atoms with E-state index in [0.29, 0.717) is 54.5 Å². The number of benzene rings is 3. The maximum absolute atomic E-state index is 14.6. The normalized spacial score (nSPS) is 12.1. The van der Waals surface area contributed by atoms with Crippen LogP contribution in [-0.4, -0.2) is 55.8 Å². The van der Waals surface area contributed by atoms with Crippen LogP contribution in [0, 0.1) is 11.6 Å². The lowest BCUT2D eigenvalue weighted by Crippen LogP contribution is -2.30. The van der Waals surface area contributed by atoms with Crippen molar-refractivity contribution in [2.24, 2.45) is 0 Å². The standard InChI is InChI=1S/C25H25F2N5O3.C24H26N6O3/c1-3-4-12-32-23-21(24(34)31-25(32)35)29-22(30-23)17(13-18-19(26)6-5-7-20(18)27)15-8-10-16(11-9-15)28-14(2)33;1-3-4-12-30-22-20(23(32)29-24(30)33)27-21(28-22)18(13-16-8-6-5-7-9-16)17-10-11-19(25-14-17)26-15(2)31/h5-11,17H,3-4,12-13H2,1-2H3,(H,28,33)(H,29,30)(H,31,34,35);5-11,14,18H,3-4,12-13H2,1-2H3,(H,27,28)(H,25,26,31)(H,29,32,33). The number of anilines is 2. The van der Waals surface area contributed by atoms with E-state index in [2.05, 4.69) is 40.5 Å². The molecule has 8 rings (SSSR count). The average molecular weight is 928 g/mol. The lowest BCUT2D eigenvalue weighted by atomic mass is 9.90. The van der Waals surface area contributed by atoms with Crippen LogP contribution >= 0.6 is 0 Å². The first kappa shape index (κ1) is 47.9. The van der Waals surface area contributed by atoms with Crippen molar-refractivity contribution in [3.63, 3.8) is 0 Å². The van der Waals surface area contributed by atoms with Crippen LogP contribution in [0.4, 0.5) is 20.3 Å². The molecule has 5 aromatic heterocycles. The lowest BCUT2D eigenvalue weighted by molar-refractivity contribution is -0.115. The van der Waals surface area contributed by atoms with E-state index < -0.39 is 40.1 Å². The number of hydrogen-bond acceptors (Lipinski definition) is 9. The Balaban J connectivity index is 0.000000202. The number of imidazole rings is 2. The van der Waals surface area contributed by atoms with E-state index in [1.807, 2.05) is 50.2 Å². The Morgan fingerprint density at radius 2 is 1.13 bits per heavy atom. The molecule has 0 bridgehead atoms. The van der Waals surface area contributed by atoms with E-state index in [-0.39, 0.29) is 52.2 Å². The van der Waals surface area contributed by atoms with Crippen LogP contribution < -0.4 is 33.1 Å². The Bertz CT molecular complexity index is 3280. The highest BCUT2D eigenvalue weighted by atomic mass is 19.1. The van der Waals surface area contributed by atoms with Gasteiger partial charge in [-0.15, -0.1) is 0 Å². The van der Waals surface area contributed by atoms with E-state index in [1.54, 1.807) is 36.5 Å². The van der Waals surface area contributed by atoms with Crippen molar-refractivity contribution >= 4 is 45.6 Å². The highest BCUT2D eigenvalue weighted by Gasteiger charge is 2.26. The highest BCUT2D eigenvalue weighted by molar-refractivity contribution is 5.88. The number of aromatic nitrogens is 9. The zero-order valence-electron chi connectivity index (χ0n) is 37.9. The number of nitrogens with one attached hydrogen (secondary N) is 6. The van der Waals surface area contributed by atoms with Crippen LogP contribution in [0.15, 0.2) is 110 Å². The molecule has 0 saturated heterocycles. The molecule has 0 aliphatic carbocycles. The van der Waals surface area contributed by atoms with Crippen molar-refractivity contribution in [3.8, 4) is 0 Å². The number of fused-ring (bicyclic) bond motifs is 2. The minimum atomic E-state index is -0.696. The molecular formula is C49H51F2N11O6. The molecule has 0 spiro atoms. The van der Waals surface area contributed by atoms with Crippen LogP contribution in [0.1, 0.15) is 99.1 Å². The quantitative estimate of drug-likeness (QED) is 0.0599. The summed E-state index contributed by atoms with van der Waals surface area (Å²) < 4.78 is 32.0. The molecule has 0 saturated carbocycles. The summed E-state index contributed by atoms with van der Waals surface area (Å²) in [5, 5.41) is 5.34. The number of nitrogens with zero attached hydrogens (tertiary/aromatic N) is 5. The van der Waals surface area contributed by atoms with Gasteiger partial charge in [-0.25, -0.2) is 33.3 Å². The third-order valence-electron chi connectivity index (χ3n) is 11.3. The number of pyridine rings is 1. The molecule has 0 aliphatic rings. The van der Waals surface area contributed by atoms with E-state index in [0.717, 1.165) is 30.4 Å². The number of carbonyl (C=O) groups excluding carboxylic acids is 2. The number of unbranched alkanes of at least 4 members (excludes halogenated alkanes) is 2. The number of aromatic amines is 4.